The maximum atomic E-state index is 13.2. The quantitative estimate of drug-likeness (QED) is 0.175. The molecule has 2 heterocycles. The molecule has 37 heavy (non-hydrogen) atoms. The zero-order valence-electron chi connectivity index (χ0n) is 20.2. The van der Waals surface area contributed by atoms with Gasteiger partial charge >= 0.3 is 5.97 Å². The number of nitrogens with two attached hydrogens (primary N) is 2. The molecule has 3 rings (SSSR count). The molecule has 0 bridgehead atoms. The summed E-state index contributed by atoms with van der Waals surface area (Å²) in [5.41, 5.74) is 13.3. The Bertz CT molecular complexity index is 1170. The van der Waals surface area contributed by atoms with Crippen molar-refractivity contribution >= 4 is 53.1 Å². The molecule has 4 unspecified atom stereocenters. The number of nitrogens with one attached hydrogen (secondary N) is 3. The number of hydrogen-bond acceptors (Lipinski definition) is 7. The topological polar surface area (TPSA) is 201 Å². The Labute approximate surface area is 218 Å². The maximum Gasteiger partial charge on any atom is 0.327 e. The monoisotopic (exact) mass is 532 g/mol. The summed E-state index contributed by atoms with van der Waals surface area (Å²) in [6, 6.07) is 3.41. The first-order valence-electron chi connectivity index (χ1n) is 12.0. The number of aliphatic carboxylic acids is 1. The summed E-state index contributed by atoms with van der Waals surface area (Å²) in [6.07, 6.45) is 2.69. The number of primary amides is 1. The molecule has 8 N–H and O–H groups in total. The molecular formula is C24H32N6O6S. The van der Waals surface area contributed by atoms with Gasteiger partial charge in [-0.3, -0.25) is 19.2 Å². The average Bonchev–Trinajstić information content (AvgIpc) is 3.51. The van der Waals surface area contributed by atoms with E-state index in [4.69, 9.17) is 11.5 Å². The zero-order chi connectivity index (χ0) is 27.1. The molecule has 1 aromatic carbocycles. The number of nitrogens with zero attached hydrogens (tertiary/aromatic N) is 1. The molecule has 1 fully saturated rings. The minimum atomic E-state index is -1.29. The fourth-order valence-electron chi connectivity index (χ4n) is 4.42. The van der Waals surface area contributed by atoms with Gasteiger partial charge in [0.2, 0.25) is 23.6 Å². The van der Waals surface area contributed by atoms with E-state index in [1.54, 1.807) is 0 Å². The first-order valence-corrected chi connectivity index (χ1v) is 12.6. The van der Waals surface area contributed by atoms with Gasteiger partial charge < -0.3 is 37.1 Å². The third-order valence-corrected chi connectivity index (χ3v) is 6.75. The van der Waals surface area contributed by atoms with Gasteiger partial charge in [0.15, 0.2) is 0 Å². The Balaban J connectivity index is 1.68. The SMILES string of the molecule is NC(=O)CCC(NC(=O)C1CCCN1C(=O)C(N)Cc1c[nH]c2ccccc12)C(=O)NC(CS)C(=O)O. The highest BCUT2D eigenvalue weighted by Gasteiger charge is 2.38. The van der Waals surface area contributed by atoms with Crippen LogP contribution >= 0.6 is 12.6 Å². The largest absolute Gasteiger partial charge is 0.480 e. The number of fused-ring (bicyclic) bond motifs is 1. The number of H-pyrrole nitrogens is 1. The van der Waals surface area contributed by atoms with Crippen LogP contribution in [0.15, 0.2) is 30.5 Å². The second-order valence-corrected chi connectivity index (χ2v) is 9.37. The number of carboxylic acid groups (broad SMARTS) is 1. The number of hydrogen-bond donors (Lipinski definition) is 7. The molecule has 12 nitrogen and oxygen atoms in total. The van der Waals surface area contributed by atoms with E-state index in [1.807, 2.05) is 30.5 Å². The third kappa shape index (κ3) is 7.01. The van der Waals surface area contributed by atoms with Crippen molar-refractivity contribution in [2.24, 2.45) is 11.5 Å². The Kier molecular flexibility index (Phi) is 9.53. The summed E-state index contributed by atoms with van der Waals surface area (Å²) in [5.74, 6) is -3.91. The molecule has 1 aliphatic heterocycles. The highest BCUT2D eigenvalue weighted by Crippen LogP contribution is 2.22. The van der Waals surface area contributed by atoms with Gasteiger partial charge in [0.25, 0.3) is 0 Å². The Morgan fingerprint density at radius 3 is 2.57 bits per heavy atom. The summed E-state index contributed by atoms with van der Waals surface area (Å²) in [6.45, 7) is 0.331. The van der Waals surface area contributed by atoms with Crippen LogP contribution in [-0.2, 0) is 30.4 Å². The van der Waals surface area contributed by atoms with Crippen molar-refractivity contribution < 1.29 is 29.1 Å². The number of likely N-dealkylation sites (tertiary alicyclic amines) is 1. The van der Waals surface area contributed by atoms with Crippen molar-refractivity contribution in [2.75, 3.05) is 12.3 Å². The van der Waals surface area contributed by atoms with Crippen molar-refractivity contribution in [3.05, 3.63) is 36.0 Å². The number of carboxylic acids is 1. The molecule has 13 heteroatoms. The molecule has 0 radical (unpaired) electrons. The van der Waals surface area contributed by atoms with E-state index in [0.717, 1.165) is 16.5 Å². The van der Waals surface area contributed by atoms with E-state index in [2.05, 4.69) is 28.2 Å². The van der Waals surface area contributed by atoms with E-state index >= 15 is 0 Å². The van der Waals surface area contributed by atoms with Crippen molar-refractivity contribution in [3.8, 4) is 0 Å². The van der Waals surface area contributed by atoms with Crippen molar-refractivity contribution in [1.29, 1.82) is 0 Å². The predicted molar refractivity (Wildman–Crippen MR) is 138 cm³/mol. The lowest BCUT2D eigenvalue weighted by Gasteiger charge is -2.28. The summed E-state index contributed by atoms with van der Waals surface area (Å²) >= 11 is 3.91. The number of aromatic amines is 1. The van der Waals surface area contributed by atoms with E-state index in [1.165, 1.54) is 4.90 Å². The van der Waals surface area contributed by atoms with Crippen LogP contribution < -0.4 is 22.1 Å². The van der Waals surface area contributed by atoms with Crippen LogP contribution in [0.25, 0.3) is 10.9 Å². The summed E-state index contributed by atoms with van der Waals surface area (Å²) in [5, 5.41) is 15.0. The first kappa shape index (κ1) is 28.0. The van der Waals surface area contributed by atoms with Crippen LogP contribution in [0.5, 0.6) is 0 Å². The maximum absolute atomic E-state index is 13.2. The molecule has 1 saturated heterocycles. The lowest BCUT2D eigenvalue weighted by atomic mass is 10.0. The lowest BCUT2D eigenvalue weighted by molar-refractivity contribution is -0.142. The summed E-state index contributed by atoms with van der Waals surface area (Å²) in [7, 11) is 0. The number of para-hydroxylation sites is 1. The summed E-state index contributed by atoms with van der Waals surface area (Å²) in [4.78, 5) is 66.2. The fraction of sp³-hybridized carbons (Fsp3) is 0.458. The number of benzene rings is 1. The van der Waals surface area contributed by atoms with Gasteiger partial charge in [-0.25, -0.2) is 4.79 Å². The molecule has 1 aromatic heterocycles. The summed E-state index contributed by atoms with van der Waals surface area (Å²) < 4.78 is 0. The highest BCUT2D eigenvalue weighted by molar-refractivity contribution is 7.80. The standard InChI is InChI=1S/C24H32N6O6S/c25-15(10-13-11-27-16-5-2-1-4-14(13)16)23(34)30-9-3-6-19(30)22(33)28-17(7-8-20(26)31)21(32)29-18(12-37)24(35)36/h1-2,4-5,11,15,17-19,27,37H,3,6-10,12,25H2,(H2,26,31)(H,28,33)(H,29,32)(H,35,36). The minimum Gasteiger partial charge on any atom is -0.480 e. The van der Waals surface area contributed by atoms with Gasteiger partial charge in [0.05, 0.1) is 6.04 Å². The average molecular weight is 533 g/mol. The Morgan fingerprint density at radius 2 is 1.89 bits per heavy atom. The molecular weight excluding hydrogens is 500 g/mol. The molecule has 0 saturated carbocycles. The minimum absolute atomic E-state index is 0.132. The number of carbonyl (C=O) groups excluding carboxylic acids is 4. The normalized spacial score (nSPS) is 17.7. The van der Waals surface area contributed by atoms with Gasteiger partial charge in [-0.2, -0.15) is 12.6 Å². The number of carbonyl (C=O) groups is 5. The van der Waals surface area contributed by atoms with Gasteiger partial charge in [0.1, 0.15) is 18.1 Å². The van der Waals surface area contributed by atoms with Crippen LogP contribution in [0.4, 0.5) is 0 Å². The molecule has 0 spiro atoms. The van der Waals surface area contributed by atoms with E-state index < -0.39 is 47.9 Å². The van der Waals surface area contributed by atoms with Crippen molar-refractivity contribution in [1.82, 2.24) is 20.5 Å². The number of thiol groups is 1. The van der Waals surface area contributed by atoms with Crippen LogP contribution in [0, 0.1) is 0 Å². The highest BCUT2D eigenvalue weighted by atomic mass is 32.1. The van der Waals surface area contributed by atoms with E-state index in [0.29, 0.717) is 19.4 Å². The smallest absolute Gasteiger partial charge is 0.327 e. The van der Waals surface area contributed by atoms with E-state index in [9.17, 15) is 29.1 Å². The second-order valence-electron chi connectivity index (χ2n) is 9.01. The van der Waals surface area contributed by atoms with Gasteiger partial charge in [0, 0.05) is 35.8 Å². The van der Waals surface area contributed by atoms with E-state index in [-0.39, 0.29) is 30.9 Å². The number of aromatic nitrogens is 1. The zero-order valence-corrected chi connectivity index (χ0v) is 21.1. The molecule has 1 aliphatic rings. The van der Waals surface area contributed by atoms with Gasteiger partial charge in [-0.15, -0.1) is 0 Å². The second kappa shape index (κ2) is 12.6. The Hall–Kier alpha value is -3.58. The lowest BCUT2D eigenvalue weighted by Crippen LogP contribution is -2.57. The van der Waals surface area contributed by atoms with Crippen molar-refractivity contribution in [3.63, 3.8) is 0 Å². The van der Waals surface area contributed by atoms with Gasteiger partial charge in [-0.05, 0) is 37.3 Å². The molecule has 2 aromatic rings. The molecule has 0 aliphatic carbocycles. The fourth-order valence-corrected chi connectivity index (χ4v) is 4.67. The predicted octanol–water partition coefficient (Wildman–Crippen LogP) is -0.722. The molecule has 200 valence electrons. The first-order chi connectivity index (χ1) is 17.6. The van der Waals surface area contributed by atoms with Crippen LogP contribution in [-0.4, -0.2) is 81.1 Å². The third-order valence-electron chi connectivity index (χ3n) is 6.38. The van der Waals surface area contributed by atoms with Crippen molar-refractivity contribution in [2.45, 2.75) is 56.3 Å². The number of rotatable bonds is 12. The van der Waals surface area contributed by atoms with Gasteiger partial charge in [-0.1, -0.05) is 18.2 Å². The van der Waals surface area contributed by atoms with Crippen LogP contribution in [0.2, 0.25) is 0 Å². The molecule has 4 atom stereocenters. The Morgan fingerprint density at radius 1 is 1.16 bits per heavy atom. The van der Waals surface area contributed by atoms with Crippen LogP contribution in [0.3, 0.4) is 0 Å². The van der Waals surface area contributed by atoms with Crippen LogP contribution in [0.1, 0.15) is 31.2 Å². The molecule has 4 amide bonds. The number of amides is 4.